The SMILES string of the molecule is CCC(C)C(C(CC(=O)N1CCCC1C(OC)C(C)C(=O)NCCC1C=CC=CC=C1)OC)N(C)C(=O)C(N)C(C)C. The Morgan fingerprint density at radius 2 is 1.69 bits per heavy atom. The lowest BCUT2D eigenvalue weighted by atomic mass is 9.89. The van der Waals surface area contributed by atoms with E-state index in [4.69, 9.17) is 15.2 Å². The summed E-state index contributed by atoms with van der Waals surface area (Å²) in [4.78, 5) is 43.7. The number of allylic oxidation sites excluding steroid dienone is 6. The van der Waals surface area contributed by atoms with E-state index in [-0.39, 0.29) is 54.0 Å². The van der Waals surface area contributed by atoms with Gasteiger partial charge < -0.3 is 30.3 Å². The number of methoxy groups -OCH3 is 2. The van der Waals surface area contributed by atoms with Crippen molar-refractivity contribution in [2.24, 2.45) is 29.4 Å². The molecule has 238 valence electrons. The second kappa shape index (κ2) is 17.6. The molecule has 1 heterocycles. The van der Waals surface area contributed by atoms with E-state index >= 15 is 0 Å². The first-order chi connectivity index (χ1) is 20.0. The lowest BCUT2D eigenvalue weighted by Crippen LogP contribution is -2.56. The van der Waals surface area contributed by atoms with Crippen LogP contribution in [-0.4, -0.2) is 92.2 Å². The van der Waals surface area contributed by atoms with Gasteiger partial charge in [0.05, 0.1) is 42.7 Å². The van der Waals surface area contributed by atoms with Crippen LogP contribution in [0, 0.1) is 23.7 Å². The first kappa shape index (κ1) is 35.7. The standard InChI is InChI=1S/C33H56N4O5/c1-9-23(4)30(36(6)33(40)29(34)22(2)3)27(41-7)21-28(38)37-20-14-17-26(37)31(42-8)24(5)32(39)35-19-18-25-15-12-10-11-13-16-25/h10-13,15-16,22-27,29-31H,9,14,17-21,34H2,1-8H3,(H,35,39). The summed E-state index contributed by atoms with van der Waals surface area (Å²) in [6.45, 7) is 11.0. The average molecular weight is 589 g/mol. The summed E-state index contributed by atoms with van der Waals surface area (Å²) in [7, 11) is 4.97. The molecule has 7 atom stereocenters. The molecule has 1 saturated heterocycles. The van der Waals surface area contributed by atoms with Gasteiger partial charge in [-0.25, -0.2) is 0 Å². The number of likely N-dealkylation sites (N-methyl/N-ethyl adjacent to an activating group) is 1. The highest BCUT2D eigenvalue weighted by Gasteiger charge is 2.42. The van der Waals surface area contributed by atoms with Gasteiger partial charge in [-0.05, 0) is 37.0 Å². The molecule has 0 radical (unpaired) electrons. The summed E-state index contributed by atoms with van der Waals surface area (Å²) >= 11 is 0. The predicted molar refractivity (Wildman–Crippen MR) is 167 cm³/mol. The molecule has 2 rings (SSSR count). The molecule has 7 unspecified atom stereocenters. The Kier molecular flexibility index (Phi) is 14.9. The number of likely N-dealkylation sites (tertiary alicyclic amines) is 1. The fourth-order valence-corrected chi connectivity index (χ4v) is 6.15. The van der Waals surface area contributed by atoms with Gasteiger partial charge in [-0.2, -0.15) is 0 Å². The summed E-state index contributed by atoms with van der Waals surface area (Å²) in [5.74, 6) is -0.329. The van der Waals surface area contributed by atoms with E-state index < -0.39 is 24.2 Å². The monoisotopic (exact) mass is 588 g/mol. The minimum Gasteiger partial charge on any atom is -0.379 e. The van der Waals surface area contributed by atoms with Crippen molar-refractivity contribution < 1.29 is 23.9 Å². The van der Waals surface area contributed by atoms with Crippen molar-refractivity contribution >= 4 is 17.7 Å². The zero-order valence-electron chi connectivity index (χ0n) is 27.1. The van der Waals surface area contributed by atoms with Crippen LogP contribution in [0.15, 0.2) is 36.5 Å². The van der Waals surface area contributed by atoms with Gasteiger partial charge in [0, 0.05) is 34.4 Å². The van der Waals surface area contributed by atoms with Gasteiger partial charge in [0.25, 0.3) is 0 Å². The van der Waals surface area contributed by atoms with Gasteiger partial charge in [-0.1, -0.05) is 77.5 Å². The molecule has 0 aromatic rings. The van der Waals surface area contributed by atoms with Gasteiger partial charge in [0.15, 0.2) is 0 Å². The minimum atomic E-state index is -0.620. The van der Waals surface area contributed by atoms with Crippen LogP contribution in [0.4, 0.5) is 0 Å². The molecule has 0 spiro atoms. The summed E-state index contributed by atoms with van der Waals surface area (Å²) in [5.41, 5.74) is 6.21. The second-order valence-electron chi connectivity index (χ2n) is 12.3. The smallest absolute Gasteiger partial charge is 0.239 e. The van der Waals surface area contributed by atoms with Gasteiger partial charge in [-0.15, -0.1) is 0 Å². The molecule has 9 nitrogen and oxygen atoms in total. The van der Waals surface area contributed by atoms with Crippen molar-refractivity contribution in [3.63, 3.8) is 0 Å². The predicted octanol–water partition coefficient (Wildman–Crippen LogP) is 3.69. The zero-order chi connectivity index (χ0) is 31.4. The Morgan fingerprint density at radius 3 is 2.24 bits per heavy atom. The first-order valence-electron chi connectivity index (χ1n) is 15.6. The summed E-state index contributed by atoms with van der Waals surface area (Å²) in [6.07, 6.45) is 14.7. The molecular weight excluding hydrogens is 532 g/mol. The molecule has 9 heteroatoms. The van der Waals surface area contributed by atoms with Gasteiger partial charge >= 0.3 is 0 Å². The van der Waals surface area contributed by atoms with Crippen LogP contribution in [-0.2, 0) is 23.9 Å². The number of amides is 3. The molecule has 2 aliphatic rings. The highest BCUT2D eigenvalue weighted by molar-refractivity contribution is 5.82. The van der Waals surface area contributed by atoms with Crippen LogP contribution in [0.2, 0.25) is 0 Å². The molecule has 3 N–H and O–H groups in total. The number of nitrogens with one attached hydrogen (secondary N) is 1. The van der Waals surface area contributed by atoms with Gasteiger partial charge in [0.2, 0.25) is 17.7 Å². The largest absolute Gasteiger partial charge is 0.379 e. The van der Waals surface area contributed by atoms with Crippen molar-refractivity contribution in [1.29, 1.82) is 0 Å². The Balaban J connectivity index is 2.10. The minimum absolute atomic E-state index is 0.00142. The fourth-order valence-electron chi connectivity index (χ4n) is 6.15. The van der Waals surface area contributed by atoms with E-state index in [0.29, 0.717) is 13.1 Å². The van der Waals surface area contributed by atoms with E-state index in [0.717, 1.165) is 25.7 Å². The molecule has 0 saturated carbocycles. The molecule has 0 aromatic heterocycles. The third-order valence-electron chi connectivity index (χ3n) is 9.09. The Hall–Kier alpha value is -2.49. The molecule has 1 aliphatic carbocycles. The molecule has 0 bridgehead atoms. The number of ether oxygens (including phenoxy) is 2. The maximum Gasteiger partial charge on any atom is 0.239 e. The fraction of sp³-hybridized carbons (Fsp3) is 0.727. The van der Waals surface area contributed by atoms with Crippen LogP contribution < -0.4 is 11.1 Å². The number of carbonyl (C=O) groups is 3. The average Bonchev–Trinajstić information content (AvgIpc) is 3.31. The van der Waals surface area contributed by atoms with Crippen molar-refractivity contribution in [3.05, 3.63) is 36.5 Å². The number of rotatable bonds is 16. The third-order valence-corrected chi connectivity index (χ3v) is 9.09. The zero-order valence-corrected chi connectivity index (χ0v) is 27.1. The quantitative estimate of drug-likeness (QED) is 0.284. The molecule has 3 amide bonds. The highest BCUT2D eigenvalue weighted by atomic mass is 16.5. The van der Waals surface area contributed by atoms with Crippen LogP contribution in [0.25, 0.3) is 0 Å². The van der Waals surface area contributed by atoms with E-state index in [1.807, 2.05) is 50.0 Å². The maximum absolute atomic E-state index is 13.8. The first-order valence-corrected chi connectivity index (χ1v) is 15.6. The molecule has 1 aliphatic heterocycles. The number of hydrogen-bond acceptors (Lipinski definition) is 6. The van der Waals surface area contributed by atoms with Crippen LogP contribution in [0.5, 0.6) is 0 Å². The van der Waals surface area contributed by atoms with Crippen molar-refractivity contribution in [2.45, 2.75) is 97.1 Å². The van der Waals surface area contributed by atoms with E-state index in [1.54, 1.807) is 26.2 Å². The van der Waals surface area contributed by atoms with Crippen LogP contribution >= 0.6 is 0 Å². The number of nitrogens with two attached hydrogens (primary N) is 1. The molecule has 42 heavy (non-hydrogen) atoms. The van der Waals surface area contributed by atoms with Crippen molar-refractivity contribution in [3.8, 4) is 0 Å². The molecule has 1 fully saturated rings. The van der Waals surface area contributed by atoms with Crippen molar-refractivity contribution in [2.75, 3.05) is 34.4 Å². The van der Waals surface area contributed by atoms with Gasteiger partial charge in [0.1, 0.15) is 0 Å². The van der Waals surface area contributed by atoms with Crippen LogP contribution in [0.1, 0.15) is 66.7 Å². The Labute approximate surface area is 253 Å². The normalized spacial score (nSPS) is 21.5. The van der Waals surface area contributed by atoms with Gasteiger partial charge in [-0.3, -0.25) is 14.4 Å². The van der Waals surface area contributed by atoms with E-state index in [9.17, 15) is 14.4 Å². The third kappa shape index (κ3) is 9.51. The number of hydrogen-bond donors (Lipinski definition) is 2. The summed E-state index contributed by atoms with van der Waals surface area (Å²) in [6, 6.07) is -1.14. The lowest BCUT2D eigenvalue weighted by Gasteiger charge is -2.40. The lowest BCUT2D eigenvalue weighted by molar-refractivity contribution is -0.146. The topological polar surface area (TPSA) is 114 Å². The summed E-state index contributed by atoms with van der Waals surface area (Å²) in [5, 5.41) is 3.07. The van der Waals surface area contributed by atoms with Crippen LogP contribution in [0.3, 0.4) is 0 Å². The van der Waals surface area contributed by atoms with E-state index in [2.05, 4.69) is 31.3 Å². The second-order valence-corrected chi connectivity index (χ2v) is 12.3. The number of carbonyl (C=O) groups excluding carboxylic acids is 3. The molecular formula is C33H56N4O5. The molecule has 0 aromatic carbocycles. The summed E-state index contributed by atoms with van der Waals surface area (Å²) < 4.78 is 11.8. The maximum atomic E-state index is 13.8. The Bertz CT molecular complexity index is 948. The van der Waals surface area contributed by atoms with E-state index in [1.165, 1.54) is 0 Å². The van der Waals surface area contributed by atoms with Crippen molar-refractivity contribution in [1.82, 2.24) is 15.1 Å². The Morgan fingerprint density at radius 1 is 1.05 bits per heavy atom. The highest BCUT2D eigenvalue weighted by Crippen LogP contribution is 2.29. The number of nitrogens with zero attached hydrogens (tertiary/aromatic N) is 2.